The van der Waals surface area contributed by atoms with Crippen molar-refractivity contribution in [3.63, 3.8) is 0 Å². The van der Waals surface area contributed by atoms with Gasteiger partial charge in [-0.25, -0.2) is 9.37 Å². The van der Waals surface area contributed by atoms with Gasteiger partial charge in [0.2, 0.25) is 5.89 Å². The van der Waals surface area contributed by atoms with Gasteiger partial charge >= 0.3 is 0 Å². The molecule has 0 aliphatic heterocycles. The summed E-state index contributed by atoms with van der Waals surface area (Å²) in [4.78, 5) is 23.1. The lowest BCUT2D eigenvalue weighted by Crippen LogP contribution is -2.26. The average molecular weight is 445 g/mol. The van der Waals surface area contributed by atoms with Crippen LogP contribution in [0.4, 0.5) is 4.39 Å². The fourth-order valence-electron chi connectivity index (χ4n) is 3.50. The van der Waals surface area contributed by atoms with Gasteiger partial charge < -0.3 is 9.73 Å². The van der Waals surface area contributed by atoms with E-state index in [1.165, 1.54) is 12.3 Å². The smallest absolute Gasteiger partial charge is 0.273 e. The quantitative estimate of drug-likeness (QED) is 0.393. The maximum atomic E-state index is 14.3. The van der Waals surface area contributed by atoms with Crippen molar-refractivity contribution in [1.82, 2.24) is 20.2 Å². The molecule has 4 rings (SSSR count). The minimum atomic E-state index is -0.301. The zero-order valence-corrected chi connectivity index (χ0v) is 18.2. The number of nitrogens with one attached hydrogen (secondary N) is 1. The van der Waals surface area contributed by atoms with Crippen LogP contribution in [-0.2, 0) is 26.1 Å². The van der Waals surface area contributed by atoms with Gasteiger partial charge in [-0.15, -0.1) is 0 Å². The fraction of sp³-hybridized carbons (Fsp3) is 0.192. The molecule has 1 amide bonds. The number of rotatable bonds is 10. The van der Waals surface area contributed by atoms with Crippen LogP contribution in [0.2, 0.25) is 0 Å². The summed E-state index contributed by atoms with van der Waals surface area (Å²) in [6.07, 6.45) is 3.71. The standard InChI is InChI=1S/C26H25FN4O2/c27-23-12-5-4-10-21(23)17-31(16-20-8-2-1-3-9-20)18-25-30-24(19-33-25)26(32)29-15-13-22-11-6-7-14-28-22/h1-12,14,19H,13,15-18H2,(H,29,32). The Kier molecular flexibility index (Phi) is 7.56. The summed E-state index contributed by atoms with van der Waals surface area (Å²) in [7, 11) is 0. The molecule has 0 aliphatic carbocycles. The van der Waals surface area contributed by atoms with Crippen LogP contribution < -0.4 is 5.32 Å². The van der Waals surface area contributed by atoms with Gasteiger partial charge in [0.25, 0.3) is 5.91 Å². The molecule has 0 bridgehead atoms. The van der Waals surface area contributed by atoms with Crippen LogP contribution in [-0.4, -0.2) is 27.3 Å². The number of aromatic nitrogens is 2. The molecule has 4 aromatic rings. The molecule has 2 heterocycles. The molecule has 0 atom stereocenters. The number of carbonyl (C=O) groups excluding carboxylic acids is 1. The maximum Gasteiger partial charge on any atom is 0.273 e. The first-order valence-electron chi connectivity index (χ1n) is 10.8. The normalized spacial score (nSPS) is 11.0. The molecule has 33 heavy (non-hydrogen) atoms. The maximum absolute atomic E-state index is 14.3. The van der Waals surface area contributed by atoms with Crippen molar-refractivity contribution in [2.45, 2.75) is 26.1 Å². The Morgan fingerprint density at radius 2 is 1.73 bits per heavy atom. The second kappa shape index (κ2) is 11.2. The summed E-state index contributed by atoms with van der Waals surface area (Å²) in [6.45, 7) is 1.76. The molecule has 1 N–H and O–H groups in total. The SMILES string of the molecule is O=C(NCCc1ccccn1)c1coc(CN(Cc2ccccc2)Cc2ccccc2F)n1. The van der Waals surface area contributed by atoms with Crippen molar-refractivity contribution < 1.29 is 13.6 Å². The average Bonchev–Trinajstić information content (AvgIpc) is 3.30. The minimum Gasteiger partial charge on any atom is -0.447 e. The zero-order valence-electron chi connectivity index (χ0n) is 18.2. The van der Waals surface area contributed by atoms with Crippen LogP contribution in [0.5, 0.6) is 0 Å². The largest absolute Gasteiger partial charge is 0.447 e. The van der Waals surface area contributed by atoms with E-state index in [0.717, 1.165) is 11.3 Å². The number of pyridine rings is 1. The topological polar surface area (TPSA) is 71.3 Å². The Labute approximate surface area is 192 Å². The number of hydrogen-bond acceptors (Lipinski definition) is 5. The van der Waals surface area contributed by atoms with E-state index in [1.54, 1.807) is 18.3 Å². The van der Waals surface area contributed by atoms with Crippen molar-refractivity contribution in [3.8, 4) is 0 Å². The Hall–Kier alpha value is -3.84. The molecule has 168 valence electrons. The monoisotopic (exact) mass is 444 g/mol. The third kappa shape index (κ3) is 6.57. The van der Waals surface area contributed by atoms with E-state index < -0.39 is 0 Å². The van der Waals surface area contributed by atoms with Gasteiger partial charge in [-0.2, -0.15) is 0 Å². The minimum absolute atomic E-state index is 0.219. The molecule has 7 heteroatoms. The Balaban J connectivity index is 1.39. The number of oxazole rings is 1. The molecule has 0 saturated heterocycles. The van der Waals surface area contributed by atoms with Gasteiger partial charge in [0.15, 0.2) is 5.69 Å². The van der Waals surface area contributed by atoms with E-state index in [2.05, 4.69) is 15.3 Å². The van der Waals surface area contributed by atoms with Crippen LogP contribution in [0.3, 0.4) is 0 Å². The number of carbonyl (C=O) groups is 1. The summed E-state index contributed by atoms with van der Waals surface area (Å²) in [5.41, 5.74) is 2.81. The van der Waals surface area contributed by atoms with Crippen LogP contribution in [0.15, 0.2) is 89.7 Å². The molecule has 6 nitrogen and oxygen atoms in total. The number of nitrogens with zero attached hydrogens (tertiary/aromatic N) is 3. The number of benzene rings is 2. The molecule has 0 saturated carbocycles. The highest BCUT2D eigenvalue weighted by atomic mass is 19.1. The van der Waals surface area contributed by atoms with E-state index in [0.29, 0.717) is 44.1 Å². The van der Waals surface area contributed by atoms with E-state index >= 15 is 0 Å². The fourth-order valence-corrected chi connectivity index (χ4v) is 3.50. The summed E-state index contributed by atoms with van der Waals surface area (Å²) >= 11 is 0. The molecular weight excluding hydrogens is 419 g/mol. The Morgan fingerprint density at radius 3 is 2.52 bits per heavy atom. The predicted molar refractivity (Wildman–Crippen MR) is 123 cm³/mol. The van der Waals surface area contributed by atoms with Gasteiger partial charge in [-0.1, -0.05) is 54.6 Å². The first kappa shape index (κ1) is 22.4. The van der Waals surface area contributed by atoms with Crippen molar-refractivity contribution in [3.05, 3.63) is 119 Å². The van der Waals surface area contributed by atoms with Crippen LogP contribution in [0.1, 0.15) is 33.2 Å². The van der Waals surface area contributed by atoms with Crippen LogP contribution in [0.25, 0.3) is 0 Å². The second-order valence-corrected chi connectivity index (χ2v) is 7.68. The zero-order chi connectivity index (χ0) is 22.9. The van der Waals surface area contributed by atoms with E-state index in [1.807, 2.05) is 59.5 Å². The van der Waals surface area contributed by atoms with Crippen LogP contribution in [0, 0.1) is 5.82 Å². The van der Waals surface area contributed by atoms with Crippen molar-refractivity contribution in [2.24, 2.45) is 0 Å². The number of amides is 1. The van der Waals surface area contributed by atoms with Crippen LogP contribution >= 0.6 is 0 Å². The highest BCUT2D eigenvalue weighted by Gasteiger charge is 2.16. The van der Waals surface area contributed by atoms with Crippen molar-refractivity contribution in [2.75, 3.05) is 6.54 Å². The molecule has 0 aliphatic rings. The lowest BCUT2D eigenvalue weighted by atomic mass is 10.1. The molecule has 0 fully saturated rings. The van der Waals surface area contributed by atoms with Gasteiger partial charge in [-0.3, -0.25) is 14.7 Å². The number of hydrogen-bond donors (Lipinski definition) is 1. The van der Waals surface area contributed by atoms with E-state index in [4.69, 9.17) is 4.42 Å². The molecule has 2 aromatic heterocycles. The predicted octanol–water partition coefficient (Wildman–Crippen LogP) is 4.38. The lowest BCUT2D eigenvalue weighted by Gasteiger charge is -2.21. The molecular formula is C26H25FN4O2. The first-order valence-corrected chi connectivity index (χ1v) is 10.8. The Morgan fingerprint density at radius 1 is 0.939 bits per heavy atom. The van der Waals surface area contributed by atoms with Gasteiger partial charge in [0, 0.05) is 43.5 Å². The molecule has 0 spiro atoms. The van der Waals surface area contributed by atoms with Crippen molar-refractivity contribution >= 4 is 5.91 Å². The van der Waals surface area contributed by atoms with Gasteiger partial charge in [0.1, 0.15) is 12.1 Å². The summed E-state index contributed by atoms with van der Waals surface area (Å²) < 4.78 is 19.8. The highest BCUT2D eigenvalue weighted by molar-refractivity contribution is 5.91. The summed E-state index contributed by atoms with van der Waals surface area (Å²) in [5.74, 6) is -0.155. The Bertz CT molecular complexity index is 1170. The lowest BCUT2D eigenvalue weighted by molar-refractivity contribution is 0.0949. The molecule has 0 unspecified atom stereocenters. The first-order chi connectivity index (χ1) is 16.2. The number of halogens is 1. The van der Waals surface area contributed by atoms with Gasteiger partial charge in [0.05, 0.1) is 6.54 Å². The van der Waals surface area contributed by atoms with Crippen molar-refractivity contribution in [1.29, 1.82) is 0 Å². The summed E-state index contributed by atoms with van der Waals surface area (Å²) in [5, 5.41) is 2.84. The molecule has 2 aromatic carbocycles. The summed E-state index contributed by atoms with van der Waals surface area (Å²) in [6, 6.07) is 22.3. The van der Waals surface area contributed by atoms with E-state index in [9.17, 15) is 9.18 Å². The highest BCUT2D eigenvalue weighted by Crippen LogP contribution is 2.16. The van der Waals surface area contributed by atoms with Gasteiger partial charge in [-0.05, 0) is 23.8 Å². The third-order valence-corrected chi connectivity index (χ3v) is 5.14. The second-order valence-electron chi connectivity index (χ2n) is 7.68. The van der Waals surface area contributed by atoms with E-state index in [-0.39, 0.29) is 17.4 Å². The molecule has 0 radical (unpaired) electrons. The third-order valence-electron chi connectivity index (χ3n) is 5.14.